The lowest BCUT2D eigenvalue weighted by molar-refractivity contribution is -0.122. The molecule has 0 bridgehead atoms. The van der Waals surface area contributed by atoms with Crippen molar-refractivity contribution in [2.45, 2.75) is 13.3 Å². The zero-order valence-corrected chi connectivity index (χ0v) is 7.32. The second kappa shape index (κ2) is 2.73. The molecular weight excluding hydrogens is 168 g/mol. The number of hydrogen-bond acceptors (Lipinski definition) is 3. The van der Waals surface area contributed by atoms with Crippen molar-refractivity contribution in [1.29, 1.82) is 0 Å². The highest BCUT2D eigenvalue weighted by molar-refractivity contribution is 5.99. The first-order valence-electron chi connectivity index (χ1n) is 4.14. The van der Waals surface area contributed by atoms with Crippen molar-refractivity contribution in [3.8, 4) is 5.75 Å². The maximum absolute atomic E-state index is 11.1. The minimum Gasteiger partial charge on any atom is -0.506 e. The van der Waals surface area contributed by atoms with Gasteiger partial charge >= 0.3 is 0 Å². The van der Waals surface area contributed by atoms with Gasteiger partial charge in [-0.25, -0.2) is 0 Å². The minimum absolute atomic E-state index is 0.0931. The summed E-state index contributed by atoms with van der Waals surface area (Å²) < 4.78 is 0. The molecule has 0 aromatic carbocycles. The minimum atomic E-state index is 0.0931. The fourth-order valence-electron chi connectivity index (χ4n) is 1.35. The second-order valence-corrected chi connectivity index (χ2v) is 3.09. The van der Waals surface area contributed by atoms with E-state index >= 15 is 0 Å². The summed E-state index contributed by atoms with van der Waals surface area (Å²) in [5.74, 6) is 0.191. The Kier molecular flexibility index (Phi) is 1.69. The summed E-state index contributed by atoms with van der Waals surface area (Å²) in [6.07, 6.45) is 1.97. The van der Waals surface area contributed by atoms with Crippen LogP contribution in [0.1, 0.15) is 12.1 Å². The Bertz CT molecular complexity index is 363. The Labute approximate surface area is 75.8 Å². The summed E-state index contributed by atoms with van der Waals surface area (Å²) >= 11 is 0. The Balaban J connectivity index is 2.38. The highest BCUT2D eigenvalue weighted by atomic mass is 16.3. The third-order valence-electron chi connectivity index (χ3n) is 2.19. The fraction of sp³-hybridized carbons (Fsp3) is 0.333. The highest BCUT2D eigenvalue weighted by Crippen LogP contribution is 2.27. The molecule has 4 heteroatoms. The summed E-state index contributed by atoms with van der Waals surface area (Å²) in [5, 5.41) is 9.19. The van der Waals surface area contributed by atoms with Crippen molar-refractivity contribution in [3.05, 3.63) is 18.0 Å². The van der Waals surface area contributed by atoms with Crippen molar-refractivity contribution in [1.82, 2.24) is 4.98 Å². The lowest BCUT2D eigenvalue weighted by atomic mass is 10.1. The van der Waals surface area contributed by atoms with Crippen LogP contribution in [0, 0.1) is 6.92 Å². The summed E-state index contributed by atoms with van der Waals surface area (Å²) in [6.45, 7) is 2.55. The van der Waals surface area contributed by atoms with Gasteiger partial charge in [0.2, 0.25) is 5.91 Å². The van der Waals surface area contributed by atoms with Gasteiger partial charge in [0.05, 0.1) is 17.6 Å². The molecule has 1 amide bonds. The molecule has 13 heavy (non-hydrogen) atoms. The van der Waals surface area contributed by atoms with Crippen molar-refractivity contribution in [3.63, 3.8) is 0 Å². The summed E-state index contributed by atoms with van der Waals surface area (Å²) in [4.78, 5) is 16.7. The van der Waals surface area contributed by atoms with Gasteiger partial charge in [-0.2, -0.15) is 0 Å². The summed E-state index contributed by atoms with van der Waals surface area (Å²) in [6, 6.07) is 1.57. The van der Waals surface area contributed by atoms with E-state index < -0.39 is 0 Å². The molecule has 0 atom stereocenters. The fourth-order valence-corrected chi connectivity index (χ4v) is 1.35. The molecule has 0 saturated carbocycles. The average Bonchev–Trinajstić information content (AvgIpc) is 2.09. The third kappa shape index (κ3) is 1.24. The molecule has 1 saturated heterocycles. The first-order chi connectivity index (χ1) is 6.18. The van der Waals surface area contributed by atoms with Crippen LogP contribution in [0.4, 0.5) is 5.69 Å². The first-order valence-corrected chi connectivity index (χ1v) is 4.14. The van der Waals surface area contributed by atoms with Crippen LogP contribution < -0.4 is 4.90 Å². The van der Waals surface area contributed by atoms with Gasteiger partial charge in [0.25, 0.3) is 0 Å². The number of carbonyl (C=O) groups excluding carboxylic acids is 1. The summed E-state index contributed by atoms with van der Waals surface area (Å²) in [7, 11) is 0. The number of aromatic hydroxyl groups is 1. The number of rotatable bonds is 1. The normalized spacial score (nSPS) is 15.8. The van der Waals surface area contributed by atoms with Crippen LogP contribution in [0.25, 0.3) is 0 Å². The zero-order valence-electron chi connectivity index (χ0n) is 7.32. The smallest absolute Gasteiger partial charge is 0.228 e. The molecule has 0 radical (unpaired) electrons. The van der Waals surface area contributed by atoms with E-state index in [1.54, 1.807) is 11.0 Å². The van der Waals surface area contributed by atoms with Gasteiger partial charge < -0.3 is 10.0 Å². The predicted octanol–water partition coefficient (Wildman–Crippen LogP) is 0.832. The molecule has 1 aromatic heterocycles. The lowest BCUT2D eigenvalue weighted by Crippen LogP contribution is -2.43. The second-order valence-electron chi connectivity index (χ2n) is 3.09. The van der Waals surface area contributed by atoms with Crippen LogP contribution in [0.5, 0.6) is 5.75 Å². The molecule has 4 nitrogen and oxygen atoms in total. The molecule has 1 aliphatic heterocycles. The van der Waals surface area contributed by atoms with Gasteiger partial charge in [-0.05, 0) is 6.92 Å². The number of β-lactam (4-membered cyclic amide) rings is 1. The van der Waals surface area contributed by atoms with E-state index in [0.717, 1.165) is 17.9 Å². The number of aromatic nitrogens is 1. The number of anilines is 1. The predicted molar refractivity (Wildman–Crippen MR) is 47.6 cm³/mol. The Morgan fingerprint density at radius 2 is 2.38 bits per heavy atom. The van der Waals surface area contributed by atoms with Gasteiger partial charge in [-0.1, -0.05) is 0 Å². The van der Waals surface area contributed by atoms with Crippen LogP contribution >= 0.6 is 0 Å². The number of amides is 1. The quantitative estimate of drug-likeness (QED) is 0.648. The van der Waals surface area contributed by atoms with Gasteiger partial charge in [0, 0.05) is 19.0 Å². The summed E-state index contributed by atoms with van der Waals surface area (Å²) in [5.41, 5.74) is 1.49. The molecular formula is C9H10N2O2. The van der Waals surface area contributed by atoms with E-state index in [2.05, 4.69) is 4.98 Å². The number of carbonyl (C=O) groups is 1. The molecule has 2 heterocycles. The molecule has 1 aromatic rings. The maximum atomic E-state index is 11.1. The van der Waals surface area contributed by atoms with Crippen molar-refractivity contribution in [2.24, 2.45) is 0 Å². The van der Waals surface area contributed by atoms with Crippen LogP contribution in [0.15, 0.2) is 12.3 Å². The molecule has 1 aliphatic rings. The van der Waals surface area contributed by atoms with Gasteiger partial charge in [0.1, 0.15) is 5.75 Å². The maximum Gasteiger partial charge on any atom is 0.228 e. The lowest BCUT2D eigenvalue weighted by Gasteiger charge is -2.31. The van der Waals surface area contributed by atoms with E-state index in [0.29, 0.717) is 6.42 Å². The van der Waals surface area contributed by atoms with E-state index in [4.69, 9.17) is 0 Å². The van der Waals surface area contributed by atoms with Crippen LogP contribution in [-0.4, -0.2) is 22.5 Å². The molecule has 0 spiro atoms. The largest absolute Gasteiger partial charge is 0.506 e. The molecule has 1 fully saturated rings. The van der Waals surface area contributed by atoms with Crippen molar-refractivity contribution >= 4 is 11.6 Å². The first kappa shape index (κ1) is 8.04. The number of aryl methyl sites for hydroxylation is 1. The Hall–Kier alpha value is -1.58. The van der Waals surface area contributed by atoms with Gasteiger partial charge in [0.15, 0.2) is 0 Å². The molecule has 0 aliphatic carbocycles. The van der Waals surface area contributed by atoms with Crippen molar-refractivity contribution in [2.75, 3.05) is 11.4 Å². The topological polar surface area (TPSA) is 53.4 Å². The molecule has 1 N–H and O–H groups in total. The number of hydrogen-bond donors (Lipinski definition) is 1. The third-order valence-corrected chi connectivity index (χ3v) is 2.19. The number of pyridine rings is 1. The highest BCUT2D eigenvalue weighted by Gasteiger charge is 2.26. The Morgan fingerprint density at radius 1 is 1.62 bits per heavy atom. The molecule has 2 rings (SSSR count). The van der Waals surface area contributed by atoms with E-state index in [1.807, 2.05) is 6.92 Å². The van der Waals surface area contributed by atoms with E-state index in [1.165, 1.54) is 6.20 Å². The monoisotopic (exact) mass is 178 g/mol. The standard InChI is InChI=1S/C9H10N2O2/c1-6-8(4-7(12)5-10-6)11-3-2-9(11)13/h4-5,12H,2-3H2,1H3. The molecule has 0 unspecified atom stereocenters. The SMILES string of the molecule is Cc1ncc(O)cc1N1CCC1=O. The van der Waals surface area contributed by atoms with Crippen molar-refractivity contribution < 1.29 is 9.90 Å². The van der Waals surface area contributed by atoms with Crippen LogP contribution in [0.2, 0.25) is 0 Å². The molecule has 68 valence electrons. The average molecular weight is 178 g/mol. The van der Waals surface area contributed by atoms with Crippen LogP contribution in [-0.2, 0) is 4.79 Å². The Morgan fingerprint density at radius 3 is 2.92 bits per heavy atom. The van der Waals surface area contributed by atoms with Crippen LogP contribution in [0.3, 0.4) is 0 Å². The zero-order chi connectivity index (χ0) is 9.42. The van der Waals surface area contributed by atoms with E-state index in [9.17, 15) is 9.90 Å². The van der Waals surface area contributed by atoms with Gasteiger partial charge in [-0.15, -0.1) is 0 Å². The van der Waals surface area contributed by atoms with Gasteiger partial charge in [-0.3, -0.25) is 9.78 Å². The number of nitrogens with zero attached hydrogens (tertiary/aromatic N) is 2. The van der Waals surface area contributed by atoms with E-state index in [-0.39, 0.29) is 11.7 Å².